The van der Waals surface area contributed by atoms with Crippen LogP contribution in [0.2, 0.25) is 0 Å². The van der Waals surface area contributed by atoms with Gasteiger partial charge in [-0.1, -0.05) is 25.3 Å². The molecule has 0 aliphatic heterocycles. The predicted octanol–water partition coefficient (Wildman–Crippen LogP) is 2.62. The maximum absolute atomic E-state index is 12.4. The van der Waals surface area contributed by atoms with Crippen LogP contribution in [0.4, 0.5) is 8.78 Å². The standard InChI is InChI=1S/C17H24F2N2O3/c1-23-13-6-5-12(11-14(13)24-16(18)19)7-10-21-15(22)17(20)8-3-2-4-9-17/h5-6,11,16H,2-4,7-10,20H2,1H3,(H,21,22). The second-order valence-corrected chi connectivity index (χ2v) is 6.09. The lowest BCUT2D eigenvalue weighted by Crippen LogP contribution is -2.55. The fourth-order valence-corrected chi connectivity index (χ4v) is 2.97. The molecule has 5 nitrogen and oxygen atoms in total. The zero-order valence-corrected chi connectivity index (χ0v) is 13.8. The minimum absolute atomic E-state index is 0.0149. The Hall–Kier alpha value is -1.89. The molecular formula is C17H24F2N2O3. The van der Waals surface area contributed by atoms with Crippen LogP contribution in [0.3, 0.4) is 0 Å². The molecule has 0 spiro atoms. The van der Waals surface area contributed by atoms with Crippen molar-refractivity contribution in [2.45, 2.75) is 50.7 Å². The summed E-state index contributed by atoms with van der Waals surface area (Å²) in [5, 5.41) is 2.85. The monoisotopic (exact) mass is 342 g/mol. The summed E-state index contributed by atoms with van der Waals surface area (Å²) < 4.78 is 34.3. The van der Waals surface area contributed by atoms with Gasteiger partial charge in [0.2, 0.25) is 5.91 Å². The average molecular weight is 342 g/mol. The van der Waals surface area contributed by atoms with Gasteiger partial charge >= 0.3 is 6.61 Å². The van der Waals surface area contributed by atoms with Crippen molar-refractivity contribution < 1.29 is 23.0 Å². The molecule has 1 amide bonds. The van der Waals surface area contributed by atoms with Gasteiger partial charge in [-0.05, 0) is 37.0 Å². The van der Waals surface area contributed by atoms with E-state index >= 15 is 0 Å². The van der Waals surface area contributed by atoms with E-state index in [0.717, 1.165) is 24.8 Å². The van der Waals surface area contributed by atoms with Gasteiger partial charge in [0.25, 0.3) is 0 Å². The van der Waals surface area contributed by atoms with E-state index in [1.54, 1.807) is 12.1 Å². The van der Waals surface area contributed by atoms with Crippen molar-refractivity contribution in [2.75, 3.05) is 13.7 Å². The minimum Gasteiger partial charge on any atom is -0.493 e. The quantitative estimate of drug-likeness (QED) is 0.799. The van der Waals surface area contributed by atoms with Crippen LogP contribution in [0.5, 0.6) is 11.5 Å². The van der Waals surface area contributed by atoms with Gasteiger partial charge in [0, 0.05) is 6.54 Å². The lowest BCUT2D eigenvalue weighted by atomic mass is 9.82. The molecule has 1 aromatic carbocycles. The second-order valence-electron chi connectivity index (χ2n) is 6.09. The van der Waals surface area contributed by atoms with E-state index in [-0.39, 0.29) is 17.4 Å². The van der Waals surface area contributed by atoms with E-state index in [9.17, 15) is 13.6 Å². The lowest BCUT2D eigenvalue weighted by Gasteiger charge is -2.31. The predicted molar refractivity (Wildman–Crippen MR) is 86.3 cm³/mol. The molecule has 0 aromatic heterocycles. The summed E-state index contributed by atoms with van der Waals surface area (Å²) in [4.78, 5) is 12.2. The van der Waals surface area contributed by atoms with Crippen molar-refractivity contribution in [2.24, 2.45) is 5.73 Å². The molecule has 1 aromatic rings. The van der Waals surface area contributed by atoms with Crippen LogP contribution < -0.4 is 20.5 Å². The number of ether oxygens (including phenoxy) is 2. The molecule has 0 radical (unpaired) electrons. The molecule has 7 heteroatoms. The van der Waals surface area contributed by atoms with Gasteiger partial charge < -0.3 is 20.5 Å². The summed E-state index contributed by atoms with van der Waals surface area (Å²) in [5.41, 5.74) is 6.16. The maximum Gasteiger partial charge on any atom is 0.387 e. The molecule has 1 saturated carbocycles. The van der Waals surface area contributed by atoms with E-state index in [4.69, 9.17) is 10.5 Å². The van der Waals surface area contributed by atoms with Gasteiger partial charge in [0.15, 0.2) is 11.5 Å². The van der Waals surface area contributed by atoms with Crippen LogP contribution in [0.1, 0.15) is 37.7 Å². The zero-order chi connectivity index (χ0) is 17.6. The molecule has 1 fully saturated rings. The van der Waals surface area contributed by atoms with E-state index < -0.39 is 12.2 Å². The Morgan fingerprint density at radius 2 is 2.00 bits per heavy atom. The van der Waals surface area contributed by atoms with Crippen molar-refractivity contribution >= 4 is 5.91 Å². The van der Waals surface area contributed by atoms with Crippen molar-refractivity contribution in [3.63, 3.8) is 0 Å². The molecule has 1 aliphatic rings. The van der Waals surface area contributed by atoms with E-state index in [2.05, 4.69) is 10.1 Å². The number of nitrogens with one attached hydrogen (secondary N) is 1. The summed E-state index contributed by atoms with van der Waals surface area (Å²) in [6, 6.07) is 4.82. The Balaban J connectivity index is 1.90. The first kappa shape index (κ1) is 18.4. The highest BCUT2D eigenvalue weighted by Gasteiger charge is 2.34. The number of rotatable bonds is 7. The van der Waals surface area contributed by atoms with Crippen molar-refractivity contribution in [3.05, 3.63) is 23.8 Å². The number of halogens is 2. The number of alkyl halides is 2. The first-order valence-electron chi connectivity index (χ1n) is 8.13. The highest BCUT2D eigenvalue weighted by molar-refractivity contribution is 5.86. The van der Waals surface area contributed by atoms with Gasteiger partial charge in [0.1, 0.15) is 0 Å². The average Bonchev–Trinajstić information content (AvgIpc) is 2.55. The Morgan fingerprint density at radius 1 is 1.29 bits per heavy atom. The maximum atomic E-state index is 12.4. The van der Waals surface area contributed by atoms with Crippen LogP contribution in [0.25, 0.3) is 0 Å². The van der Waals surface area contributed by atoms with Gasteiger partial charge in [-0.15, -0.1) is 0 Å². The summed E-state index contributed by atoms with van der Waals surface area (Å²) in [6.07, 6.45) is 4.95. The fourth-order valence-electron chi connectivity index (χ4n) is 2.97. The van der Waals surface area contributed by atoms with Gasteiger partial charge in [0.05, 0.1) is 12.6 Å². The first-order valence-corrected chi connectivity index (χ1v) is 8.13. The number of hydrogen-bond donors (Lipinski definition) is 2. The SMILES string of the molecule is COc1ccc(CCNC(=O)C2(N)CCCCC2)cc1OC(F)F. The van der Waals surface area contributed by atoms with Crippen molar-refractivity contribution in [3.8, 4) is 11.5 Å². The highest BCUT2D eigenvalue weighted by atomic mass is 19.3. The van der Waals surface area contributed by atoms with E-state index in [1.165, 1.54) is 13.2 Å². The normalized spacial score (nSPS) is 16.7. The second kappa shape index (κ2) is 8.28. The van der Waals surface area contributed by atoms with Crippen LogP contribution in [-0.4, -0.2) is 31.7 Å². The molecular weight excluding hydrogens is 318 g/mol. The molecule has 3 N–H and O–H groups in total. The first-order chi connectivity index (χ1) is 11.4. The summed E-state index contributed by atoms with van der Waals surface area (Å²) in [6.45, 7) is -2.53. The third-order valence-electron chi connectivity index (χ3n) is 4.34. The number of hydrogen-bond acceptors (Lipinski definition) is 4. The largest absolute Gasteiger partial charge is 0.493 e. The smallest absolute Gasteiger partial charge is 0.387 e. The summed E-state index contributed by atoms with van der Waals surface area (Å²) in [7, 11) is 1.39. The Morgan fingerprint density at radius 3 is 2.62 bits per heavy atom. The number of methoxy groups -OCH3 is 1. The third-order valence-corrected chi connectivity index (χ3v) is 4.34. The molecule has 0 saturated heterocycles. The van der Waals surface area contributed by atoms with Gasteiger partial charge in [-0.25, -0.2) is 0 Å². The van der Waals surface area contributed by atoms with E-state index in [0.29, 0.717) is 25.8 Å². The van der Waals surface area contributed by atoms with E-state index in [1.807, 2.05) is 0 Å². The number of nitrogens with two attached hydrogens (primary N) is 1. The van der Waals surface area contributed by atoms with Crippen LogP contribution in [0.15, 0.2) is 18.2 Å². The Labute approximate surface area is 140 Å². The molecule has 0 bridgehead atoms. The number of carbonyl (C=O) groups is 1. The number of benzene rings is 1. The molecule has 0 unspecified atom stereocenters. The fraction of sp³-hybridized carbons (Fsp3) is 0.588. The van der Waals surface area contributed by atoms with Gasteiger partial charge in [-0.2, -0.15) is 8.78 Å². The summed E-state index contributed by atoms with van der Waals surface area (Å²) in [5.74, 6) is 0.0878. The number of carbonyl (C=O) groups excluding carboxylic acids is 1. The third kappa shape index (κ3) is 4.80. The molecule has 1 aliphatic carbocycles. The summed E-state index contributed by atoms with van der Waals surface area (Å²) >= 11 is 0. The Bertz CT molecular complexity index is 561. The van der Waals surface area contributed by atoms with Crippen LogP contribution in [-0.2, 0) is 11.2 Å². The van der Waals surface area contributed by atoms with Crippen LogP contribution >= 0.6 is 0 Å². The lowest BCUT2D eigenvalue weighted by molar-refractivity contribution is -0.127. The number of amides is 1. The van der Waals surface area contributed by atoms with Crippen molar-refractivity contribution in [1.29, 1.82) is 0 Å². The van der Waals surface area contributed by atoms with Crippen LogP contribution in [0, 0.1) is 0 Å². The molecule has 2 rings (SSSR count). The van der Waals surface area contributed by atoms with Gasteiger partial charge in [-0.3, -0.25) is 4.79 Å². The Kier molecular flexibility index (Phi) is 6.36. The molecule has 134 valence electrons. The zero-order valence-electron chi connectivity index (χ0n) is 13.8. The van der Waals surface area contributed by atoms with Crippen molar-refractivity contribution in [1.82, 2.24) is 5.32 Å². The molecule has 0 atom stereocenters. The topological polar surface area (TPSA) is 73.6 Å². The molecule has 0 heterocycles. The molecule has 24 heavy (non-hydrogen) atoms. The highest BCUT2D eigenvalue weighted by Crippen LogP contribution is 2.30. The minimum atomic E-state index is -2.92.